The second-order valence-corrected chi connectivity index (χ2v) is 10.4. The van der Waals surface area contributed by atoms with Crippen LogP contribution in [0, 0.1) is 11.3 Å². The fourth-order valence-corrected chi connectivity index (χ4v) is 4.93. The van der Waals surface area contributed by atoms with Crippen LogP contribution in [0.15, 0.2) is 59.9 Å². The summed E-state index contributed by atoms with van der Waals surface area (Å²) >= 11 is 0. The molecule has 0 saturated carbocycles. The molecule has 33 heavy (non-hydrogen) atoms. The molecule has 1 N–H and O–H groups in total. The molecule has 2 aromatic carbocycles. The number of carbonyl (C=O) groups is 1. The van der Waals surface area contributed by atoms with Crippen molar-refractivity contribution in [2.24, 2.45) is 7.05 Å². The Kier molecular flexibility index (Phi) is 6.20. The largest absolute Gasteiger partial charge is 0.363 e. The Morgan fingerprint density at radius 3 is 2.64 bits per heavy atom. The lowest BCUT2D eigenvalue weighted by Gasteiger charge is -2.36. The number of aromatic nitrogens is 2. The molecule has 3 aromatic rings. The van der Waals surface area contributed by atoms with E-state index in [0.29, 0.717) is 30.6 Å². The van der Waals surface area contributed by atoms with E-state index in [-0.39, 0.29) is 22.6 Å². The number of rotatable bonds is 6. The highest BCUT2D eigenvalue weighted by atomic mass is 32.2. The Morgan fingerprint density at radius 2 is 2.00 bits per heavy atom. The number of nitrogens with one attached hydrogen (secondary N) is 1. The molecule has 0 fully saturated rings. The van der Waals surface area contributed by atoms with Crippen molar-refractivity contribution in [2.45, 2.75) is 30.8 Å². The number of nitriles is 1. The minimum atomic E-state index is -3.32. The number of anilines is 1. The monoisotopic (exact) mass is 463 g/mol. The summed E-state index contributed by atoms with van der Waals surface area (Å²) in [5.74, 6) is -0.252. The van der Waals surface area contributed by atoms with E-state index in [9.17, 15) is 18.5 Å². The van der Waals surface area contributed by atoms with Gasteiger partial charge in [0.25, 0.3) is 5.91 Å². The summed E-state index contributed by atoms with van der Waals surface area (Å²) < 4.78 is 26.0. The summed E-state index contributed by atoms with van der Waals surface area (Å²) in [6.07, 6.45) is 4.17. The Hall–Kier alpha value is -3.64. The highest BCUT2D eigenvalue weighted by molar-refractivity contribution is 7.91. The van der Waals surface area contributed by atoms with E-state index < -0.39 is 9.84 Å². The summed E-state index contributed by atoms with van der Waals surface area (Å²) in [7, 11) is -1.38. The number of aryl methyl sites for hydroxylation is 1. The van der Waals surface area contributed by atoms with Gasteiger partial charge in [-0.05, 0) is 54.4 Å². The number of hydrogen-bond donors (Lipinski definition) is 1. The van der Waals surface area contributed by atoms with Gasteiger partial charge >= 0.3 is 0 Å². The van der Waals surface area contributed by atoms with Gasteiger partial charge in [-0.1, -0.05) is 6.92 Å². The topological polar surface area (TPSA) is 108 Å². The predicted octanol–water partition coefficient (Wildman–Crippen LogP) is 2.45. The molecule has 1 atom stereocenters. The lowest BCUT2D eigenvalue weighted by atomic mass is 9.95. The molecular formula is C24H25N5O3S. The Morgan fingerprint density at radius 1 is 1.24 bits per heavy atom. The van der Waals surface area contributed by atoms with Gasteiger partial charge in [0, 0.05) is 31.0 Å². The van der Waals surface area contributed by atoms with E-state index in [1.807, 2.05) is 29.9 Å². The molecule has 4 rings (SSSR count). The summed E-state index contributed by atoms with van der Waals surface area (Å²) in [5, 5.41) is 12.4. The molecule has 1 amide bonds. The van der Waals surface area contributed by atoms with Crippen LogP contribution in [0.1, 0.15) is 34.1 Å². The van der Waals surface area contributed by atoms with Crippen molar-refractivity contribution in [2.75, 3.05) is 17.2 Å². The van der Waals surface area contributed by atoms with E-state index in [0.717, 1.165) is 16.9 Å². The number of fused-ring (bicyclic) bond motifs is 1. The summed E-state index contributed by atoms with van der Waals surface area (Å²) in [5.41, 5.74) is 4.05. The SMILES string of the molecule is CCS(=O)(=O)c1ccc(C(=O)NC2Cc3cc(C#N)ccc3N(Cc3cncn3C)C2)cc1. The molecule has 170 valence electrons. The third-order valence-corrected chi connectivity index (χ3v) is 7.67. The molecular weight excluding hydrogens is 438 g/mol. The van der Waals surface area contributed by atoms with Crippen LogP contribution >= 0.6 is 0 Å². The normalized spacial score (nSPS) is 15.5. The Bertz CT molecular complexity index is 1320. The molecule has 8 nitrogen and oxygen atoms in total. The van der Waals surface area contributed by atoms with Crippen molar-refractivity contribution in [3.63, 3.8) is 0 Å². The minimum Gasteiger partial charge on any atom is -0.363 e. The lowest BCUT2D eigenvalue weighted by Crippen LogP contribution is -2.48. The zero-order valence-corrected chi connectivity index (χ0v) is 19.3. The Labute approximate surface area is 193 Å². The highest BCUT2D eigenvalue weighted by Crippen LogP contribution is 2.29. The smallest absolute Gasteiger partial charge is 0.251 e. The van der Waals surface area contributed by atoms with Crippen molar-refractivity contribution < 1.29 is 13.2 Å². The van der Waals surface area contributed by atoms with Gasteiger partial charge in [0.05, 0.1) is 46.9 Å². The molecule has 9 heteroatoms. The van der Waals surface area contributed by atoms with Crippen LogP contribution in [0.4, 0.5) is 5.69 Å². The number of carbonyl (C=O) groups excluding carboxylic acids is 1. The molecule has 2 heterocycles. The molecule has 0 aliphatic carbocycles. The second-order valence-electron chi connectivity index (χ2n) is 8.13. The number of benzene rings is 2. The molecule has 1 unspecified atom stereocenters. The minimum absolute atomic E-state index is 0.0111. The molecule has 1 aromatic heterocycles. The maximum Gasteiger partial charge on any atom is 0.251 e. The molecule has 0 spiro atoms. The van der Waals surface area contributed by atoms with Gasteiger partial charge in [0.1, 0.15) is 0 Å². The first-order chi connectivity index (χ1) is 15.8. The van der Waals surface area contributed by atoms with Gasteiger partial charge in [-0.3, -0.25) is 4.79 Å². The van der Waals surface area contributed by atoms with Gasteiger partial charge in [0.2, 0.25) is 0 Å². The van der Waals surface area contributed by atoms with Gasteiger partial charge in [-0.2, -0.15) is 5.26 Å². The molecule has 0 bridgehead atoms. The zero-order valence-electron chi connectivity index (χ0n) is 18.5. The Balaban J connectivity index is 1.55. The fourth-order valence-electron chi connectivity index (χ4n) is 4.05. The summed E-state index contributed by atoms with van der Waals surface area (Å²) in [6, 6.07) is 13.6. The second kappa shape index (κ2) is 9.08. The van der Waals surface area contributed by atoms with E-state index in [1.54, 1.807) is 19.3 Å². The first kappa shape index (κ1) is 22.6. The van der Waals surface area contributed by atoms with Crippen molar-refractivity contribution in [1.29, 1.82) is 5.26 Å². The van der Waals surface area contributed by atoms with Gasteiger partial charge in [0.15, 0.2) is 9.84 Å². The van der Waals surface area contributed by atoms with Gasteiger partial charge in [-0.25, -0.2) is 13.4 Å². The zero-order chi connectivity index (χ0) is 23.6. The average Bonchev–Trinajstić information content (AvgIpc) is 3.22. The standard InChI is InChI=1S/C24H25N5O3S/c1-3-33(31,32)22-7-5-18(6-8-22)24(30)27-20-11-19-10-17(12-25)4-9-23(19)29(14-20)15-21-13-26-16-28(21)2/h4-10,13,16,20H,3,11,14-15H2,1-2H3,(H,27,30). The van der Waals surface area contributed by atoms with Crippen molar-refractivity contribution in [3.05, 3.63) is 77.4 Å². The first-order valence-electron chi connectivity index (χ1n) is 10.7. The van der Waals surface area contributed by atoms with Crippen LogP contribution in [-0.4, -0.2) is 42.2 Å². The van der Waals surface area contributed by atoms with E-state index in [4.69, 9.17) is 0 Å². The maximum absolute atomic E-state index is 12.9. The molecule has 0 saturated heterocycles. The van der Waals surface area contributed by atoms with Crippen LogP contribution in [0.25, 0.3) is 0 Å². The predicted molar refractivity (Wildman–Crippen MR) is 125 cm³/mol. The van der Waals surface area contributed by atoms with Crippen LogP contribution in [-0.2, 0) is 29.9 Å². The number of hydrogen-bond acceptors (Lipinski definition) is 6. The fraction of sp³-hybridized carbons (Fsp3) is 0.292. The number of nitrogens with zero attached hydrogens (tertiary/aromatic N) is 4. The molecule has 0 radical (unpaired) electrons. The van der Waals surface area contributed by atoms with Crippen LogP contribution in [0.3, 0.4) is 0 Å². The number of imidazole rings is 1. The van der Waals surface area contributed by atoms with Crippen molar-refractivity contribution in [1.82, 2.24) is 14.9 Å². The van der Waals surface area contributed by atoms with Crippen molar-refractivity contribution in [3.8, 4) is 6.07 Å². The van der Waals surface area contributed by atoms with Gasteiger partial charge < -0.3 is 14.8 Å². The first-order valence-corrected chi connectivity index (χ1v) is 12.3. The third-order valence-electron chi connectivity index (χ3n) is 5.92. The highest BCUT2D eigenvalue weighted by Gasteiger charge is 2.27. The summed E-state index contributed by atoms with van der Waals surface area (Å²) in [4.78, 5) is 19.5. The quantitative estimate of drug-likeness (QED) is 0.602. The molecule has 1 aliphatic rings. The van der Waals surface area contributed by atoms with Crippen LogP contribution < -0.4 is 10.2 Å². The lowest BCUT2D eigenvalue weighted by molar-refractivity contribution is 0.0936. The summed E-state index contributed by atoms with van der Waals surface area (Å²) in [6.45, 7) is 2.80. The van der Waals surface area contributed by atoms with Crippen molar-refractivity contribution >= 4 is 21.4 Å². The number of sulfone groups is 1. The van der Waals surface area contributed by atoms with Crippen LogP contribution in [0.5, 0.6) is 0 Å². The van der Waals surface area contributed by atoms with Crippen LogP contribution in [0.2, 0.25) is 0 Å². The number of amides is 1. The average molecular weight is 464 g/mol. The van der Waals surface area contributed by atoms with Gasteiger partial charge in [-0.15, -0.1) is 0 Å². The van der Waals surface area contributed by atoms with E-state index in [1.165, 1.54) is 24.3 Å². The van der Waals surface area contributed by atoms with E-state index >= 15 is 0 Å². The maximum atomic E-state index is 12.9. The third kappa shape index (κ3) is 4.76. The van der Waals surface area contributed by atoms with E-state index in [2.05, 4.69) is 21.3 Å². The molecule has 1 aliphatic heterocycles.